The summed E-state index contributed by atoms with van der Waals surface area (Å²) in [6, 6.07) is 7.16. The molecule has 0 aliphatic heterocycles. The highest BCUT2D eigenvalue weighted by atomic mass is 16.5. The molecule has 0 aliphatic rings. The molecule has 1 aromatic heterocycles. The lowest BCUT2D eigenvalue weighted by molar-refractivity contribution is -0.435. The van der Waals surface area contributed by atoms with E-state index in [0.717, 1.165) is 0 Å². The summed E-state index contributed by atoms with van der Waals surface area (Å²) in [5.41, 5.74) is 0.116. The first-order valence-corrected chi connectivity index (χ1v) is 4.31. The van der Waals surface area contributed by atoms with Gasteiger partial charge in [0.25, 0.3) is 6.19 Å². The van der Waals surface area contributed by atoms with E-state index < -0.39 is 5.63 Å². The van der Waals surface area contributed by atoms with E-state index in [-0.39, 0.29) is 10.5 Å². The summed E-state index contributed by atoms with van der Waals surface area (Å²) in [7, 11) is 0. The molecule has 0 bridgehead atoms. The molecule has 1 heterocycles. The van der Waals surface area contributed by atoms with Crippen molar-refractivity contribution in [3.63, 3.8) is 0 Å². The molecule has 78 valence electrons. The number of hydrogen-bond donors (Lipinski definition) is 0. The van der Waals surface area contributed by atoms with E-state index in [1.165, 1.54) is 36.5 Å². The van der Waals surface area contributed by atoms with Gasteiger partial charge in [0.2, 0.25) is 5.69 Å². The standard InChI is InChI=1S/C10H5N3O3/c11-6-12-13(15)8-2-3-9-7(5-8)1-4-10(14)16-9/h1-5H. The van der Waals surface area contributed by atoms with Crippen molar-refractivity contribution in [3.8, 4) is 6.19 Å². The van der Waals surface area contributed by atoms with Crippen molar-refractivity contribution in [1.82, 2.24) is 0 Å². The molecule has 0 radical (unpaired) electrons. The topological polar surface area (TPSA) is 92.4 Å². The molecule has 1 aromatic carbocycles. The van der Waals surface area contributed by atoms with Crippen LogP contribution in [0.4, 0.5) is 5.69 Å². The Morgan fingerprint density at radius 1 is 1.38 bits per heavy atom. The second-order valence-corrected chi connectivity index (χ2v) is 2.95. The lowest BCUT2D eigenvalue weighted by atomic mass is 10.2. The molecule has 0 atom stereocenters. The Morgan fingerprint density at radius 3 is 2.94 bits per heavy atom. The number of hydrogen-bond acceptors (Lipinski definition) is 5. The van der Waals surface area contributed by atoms with E-state index in [4.69, 9.17) is 9.68 Å². The minimum atomic E-state index is -0.457. The van der Waals surface area contributed by atoms with Gasteiger partial charge >= 0.3 is 5.63 Å². The molecular formula is C10H5N3O3. The van der Waals surface area contributed by atoms with Crippen LogP contribution in [0.1, 0.15) is 0 Å². The predicted molar refractivity (Wildman–Crippen MR) is 53.8 cm³/mol. The predicted octanol–water partition coefficient (Wildman–Crippen LogP) is 1.87. The lowest BCUT2D eigenvalue weighted by Gasteiger charge is -1.98. The van der Waals surface area contributed by atoms with Gasteiger partial charge < -0.3 is 9.62 Å². The number of nitrogens with zero attached hydrogens (tertiary/aromatic N) is 3. The second-order valence-electron chi connectivity index (χ2n) is 2.95. The zero-order valence-corrected chi connectivity index (χ0v) is 7.95. The van der Waals surface area contributed by atoms with Crippen LogP contribution >= 0.6 is 0 Å². The van der Waals surface area contributed by atoms with E-state index in [2.05, 4.69) is 5.11 Å². The fraction of sp³-hybridized carbons (Fsp3) is 0. The lowest BCUT2D eigenvalue weighted by Crippen LogP contribution is -1.95. The van der Waals surface area contributed by atoms with Gasteiger partial charge in [0.1, 0.15) is 5.58 Å². The molecule has 0 spiro atoms. The van der Waals surface area contributed by atoms with Gasteiger partial charge in [-0.2, -0.15) is 5.26 Å². The first-order chi connectivity index (χ1) is 7.70. The van der Waals surface area contributed by atoms with Gasteiger partial charge in [0, 0.05) is 23.6 Å². The maximum atomic E-state index is 11.2. The molecule has 0 amide bonds. The van der Waals surface area contributed by atoms with Crippen LogP contribution in [0.25, 0.3) is 11.0 Å². The van der Waals surface area contributed by atoms with Crippen molar-refractivity contribution in [3.05, 3.63) is 46.0 Å². The smallest absolute Gasteiger partial charge is 0.336 e. The van der Waals surface area contributed by atoms with Crippen LogP contribution in [-0.4, -0.2) is 4.86 Å². The molecule has 0 aliphatic carbocycles. The van der Waals surface area contributed by atoms with Crippen LogP contribution in [0.3, 0.4) is 0 Å². The molecular weight excluding hydrogens is 210 g/mol. The number of benzene rings is 1. The number of fused-ring (bicyclic) bond motifs is 1. The zero-order valence-electron chi connectivity index (χ0n) is 7.95. The van der Waals surface area contributed by atoms with Gasteiger partial charge in [-0.25, -0.2) is 4.79 Å². The monoisotopic (exact) mass is 215 g/mol. The Labute approximate surface area is 89.2 Å². The molecule has 0 saturated carbocycles. The highest BCUT2D eigenvalue weighted by Crippen LogP contribution is 2.19. The van der Waals surface area contributed by atoms with Crippen LogP contribution in [0.5, 0.6) is 0 Å². The van der Waals surface area contributed by atoms with Crippen molar-refractivity contribution in [2.75, 3.05) is 0 Å². The summed E-state index contributed by atoms with van der Waals surface area (Å²) in [6.45, 7) is 0. The number of azo groups is 1. The van der Waals surface area contributed by atoms with Crippen LogP contribution < -0.4 is 5.63 Å². The molecule has 6 nitrogen and oxygen atoms in total. The summed E-state index contributed by atoms with van der Waals surface area (Å²) in [4.78, 5) is 11.1. The summed E-state index contributed by atoms with van der Waals surface area (Å²) >= 11 is 0. The van der Waals surface area contributed by atoms with Crippen molar-refractivity contribution < 1.29 is 9.28 Å². The summed E-state index contributed by atoms with van der Waals surface area (Å²) in [6.07, 6.45) is 1.39. The maximum Gasteiger partial charge on any atom is 0.336 e. The molecule has 16 heavy (non-hydrogen) atoms. The van der Waals surface area contributed by atoms with Crippen LogP contribution in [0, 0.1) is 16.7 Å². The Balaban J connectivity index is 2.62. The van der Waals surface area contributed by atoms with Gasteiger partial charge in [-0.05, 0) is 17.0 Å². The zero-order chi connectivity index (χ0) is 11.5. The summed E-state index contributed by atoms with van der Waals surface area (Å²) < 4.78 is 4.88. The average molecular weight is 215 g/mol. The summed E-state index contributed by atoms with van der Waals surface area (Å²) in [5, 5.41) is 23.0. The van der Waals surface area contributed by atoms with Crippen molar-refractivity contribution in [1.29, 1.82) is 5.26 Å². The third kappa shape index (κ3) is 1.74. The molecule has 6 heteroatoms. The van der Waals surface area contributed by atoms with E-state index >= 15 is 0 Å². The Bertz CT molecular complexity index is 667. The van der Waals surface area contributed by atoms with Gasteiger partial charge in [0.15, 0.2) is 0 Å². The van der Waals surface area contributed by atoms with Crippen molar-refractivity contribution in [2.45, 2.75) is 0 Å². The fourth-order valence-corrected chi connectivity index (χ4v) is 1.28. The SMILES string of the molecule is N#CN=[N+]([O-])c1ccc2oc(=O)ccc2c1. The second kappa shape index (κ2) is 3.82. The third-order valence-corrected chi connectivity index (χ3v) is 1.96. The van der Waals surface area contributed by atoms with Crippen LogP contribution in [-0.2, 0) is 0 Å². The van der Waals surface area contributed by atoms with E-state index in [0.29, 0.717) is 11.0 Å². The molecule has 2 aromatic rings. The highest BCUT2D eigenvalue weighted by Gasteiger charge is 2.06. The quantitative estimate of drug-likeness (QED) is 0.238. The van der Waals surface area contributed by atoms with E-state index in [9.17, 15) is 10.0 Å². The van der Waals surface area contributed by atoms with Gasteiger partial charge in [-0.1, -0.05) is 0 Å². The molecule has 0 unspecified atom stereocenters. The van der Waals surface area contributed by atoms with Gasteiger partial charge in [0.05, 0.1) is 5.11 Å². The summed E-state index contributed by atoms with van der Waals surface area (Å²) in [5.74, 6) is 0. The third-order valence-electron chi connectivity index (χ3n) is 1.96. The molecule has 0 saturated heterocycles. The Morgan fingerprint density at radius 2 is 2.19 bits per heavy atom. The minimum absolute atomic E-state index is 0.197. The average Bonchev–Trinajstić information content (AvgIpc) is 2.28. The van der Waals surface area contributed by atoms with Crippen LogP contribution in [0.15, 0.2) is 44.7 Å². The van der Waals surface area contributed by atoms with Gasteiger partial charge in [-0.3, -0.25) is 0 Å². The first-order valence-electron chi connectivity index (χ1n) is 4.31. The maximum absolute atomic E-state index is 11.2. The minimum Gasteiger partial charge on any atom is -0.593 e. The molecule has 0 N–H and O–H groups in total. The normalized spacial score (nSPS) is 11.3. The fourth-order valence-electron chi connectivity index (χ4n) is 1.28. The van der Waals surface area contributed by atoms with Gasteiger partial charge in [-0.15, -0.1) is 0 Å². The molecule has 0 fully saturated rings. The van der Waals surface area contributed by atoms with Crippen LogP contribution in [0.2, 0.25) is 0 Å². The Kier molecular flexibility index (Phi) is 2.36. The Hall–Kier alpha value is -2.68. The molecule has 2 rings (SSSR count). The highest BCUT2D eigenvalue weighted by molar-refractivity contribution is 5.78. The van der Waals surface area contributed by atoms with E-state index in [1.807, 2.05) is 0 Å². The first kappa shape index (κ1) is 9.86. The number of nitriles is 1. The van der Waals surface area contributed by atoms with Crippen molar-refractivity contribution in [2.24, 2.45) is 5.11 Å². The largest absolute Gasteiger partial charge is 0.593 e. The van der Waals surface area contributed by atoms with E-state index in [1.54, 1.807) is 0 Å². The van der Waals surface area contributed by atoms with Crippen molar-refractivity contribution >= 4 is 16.7 Å². The number of rotatable bonds is 1.